The molecule has 1 aromatic carbocycles. The average Bonchev–Trinajstić information content (AvgIpc) is 2.77. The molecule has 1 aromatic rings. The normalized spacial score (nSPS) is 10.3. The zero-order chi connectivity index (χ0) is 27.6. The molecular weight excluding hydrogens is 821 g/mol. The highest BCUT2D eigenvalue weighted by Crippen LogP contribution is 2.41. The number of hydrogen-bond donors (Lipinski definition) is 2. The molecule has 0 aliphatic heterocycles. The van der Waals surface area contributed by atoms with E-state index < -0.39 is 48.9 Å². The van der Waals surface area contributed by atoms with E-state index in [9.17, 15) is 33.9 Å². The van der Waals surface area contributed by atoms with Gasteiger partial charge in [-0.1, -0.05) is 0 Å². The number of nitrogens with one attached hydrogen (secondary N) is 1. The summed E-state index contributed by atoms with van der Waals surface area (Å²) in [6, 6.07) is 0. The lowest BCUT2D eigenvalue weighted by Gasteiger charge is -2.28. The van der Waals surface area contributed by atoms with Gasteiger partial charge in [0.25, 0.3) is 11.8 Å². The van der Waals surface area contributed by atoms with Gasteiger partial charge in [-0.3, -0.25) is 28.8 Å². The van der Waals surface area contributed by atoms with Crippen LogP contribution >= 0.6 is 67.8 Å². The summed E-state index contributed by atoms with van der Waals surface area (Å²) in [5.41, 5.74) is 1.14. The fourth-order valence-electron chi connectivity index (χ4n) is 2.73. The highest BCUT2D eigenvalue weighted by Gasteiger charge is 2.29. The Morgan fingerprint density at radius 2 is 1.39 bits per heavy atom. The second-order valence-corrected chi connectivity index (χ2v) is 10.3. The number of hydrogen-bond acceptors (Lipinski definition) is 9. The second kappa shape index (κ2) is 15.5. The molecule has 0 unspecified atom stereocenters. The third-order valence-electron chi connectivity index (χ3n) is 4.23. The van der Waals surface area contributed by atoms with Crippen molar-refractivity contribution in [3.8, 4) is 0 Å². The van der Waals surface area contributed by atoms with E-state index >= 15 is 0 Å². The maximum Gasteiger partial charge on any atom is 0.303 e. The van der Waals surface area contributed by atoms with Crippen LogP contribution in [0.4, 0.5) is 11.4 Å². The molecule has 0 spiro atoms. The van der Waals surface area contributed by atoms with Crippen molar-refractivity contribution < 1.29 is 48.1 Å². The smallest absolute Gasteiger partial charge is 0.303 e. The Hall–Kier alpha value is -1.77. The van der Waals surface area contributed by atoms with Crippen LogP contribution in [-0.4, -0.2) is 67.2 Å². The SMILES string of the molecule is CC(=O)OCCN(C(=O)COC(C)=O)c1c(I)c(CCC(=O)O)c(I)c(NC(=O)COC(C)=O)c1I. The van der Waals surface area contributed by atoms with Gasteiger partial charge in [-0.25, -0.2) is 0 Å². The molecule has 0 saturated heterocycles. The Morgan fingerprint density at radius 3 is 1.92 bits per heavy atom. The minimum atomic E-state index is -1.04. The van der Waals surface area contributed by atoms with Gasteiger partial charge < -0.3 is 29.5 Å². The maximum absolute atomic E-state index is 13.1. The van der Waals surface area contributed by atoms with Crippen LogP contribution in [-0.2, 0) is 49.4 Å². The standard InChI is InChI=1S/C21H23I3N2O10/c1-10(27)34-7-6-26(15(31)9-36-12(3)29)21-18(23)13(4-5-16(32)33)17(22)20(19(21)24)25-14(30)8-35-11(2)28/h4-9H2,1-3H3,(H,25,30)(H,32,33). The Kier molecular flexibility index (Phi) is 13.9. The van der Waals surface area contributed by atoms with Gasteiger partial charge in [0.2, 0.25) is 0 Å². The Morgan fingerprint density at radius 1 is 0.833 bits per heavy atom. The first-order valence-corrected chi connectivity index (χ1v) is 13.4. The predicted molar refractivity (Wildman–Crippen MR) is 151 cm³/mol. The minimum Gasteiger partial charge on any atom is -0.481 e. The topological polar surface area (TPSA) is 166 Å². The molecule has 2 N–H and O–H groups in total. The molecule has 1 rings (SSSR count). The summed E-state index contributed by atoms with van der Waals surface area (Å²) in [4.78, 5) is 71.6. The number of carboxylic acids is 1. The number of carboxylic acid groups (broad SMARTS) is 1. The molecule has 0 aliphatic carbocycles. The Bertz CT molecular complexity index is 1060. The number of amides is 2. The van der Waals surface area contributed by atoms with Gasteiger partial charge in [-0.15, -0.1) is 0 Å². The third kappa shape index (κ3) is 10.3. The number of carbonyl (C=O) groups is 6. The largest absolute Gasteiger partial charge is 0.481 e. The van der Waals surface area contributed by atoms with Gasteiger partial charge in [0.1, 0.15) is 6.61 Å². The second-order valence-electron chi connectivity index (χ2n) is 7.03. The summed E-state index contributed by atoms with van der Waals surface area (Å²) in [7, 11) is 0. The maximum atomic E-state index is 13.1. The van der Waals surface area contributed by atoms with Gasteiger partial charge in [0, 0.05) is 34.3 Å². The number of anilines is 2. The van der Waals surface area contributed by atoms with Gasteiger partial charge >= 0.3 is 23.9 Å². The molecule has 198 valence electrons. The van der Waals surface area contributed by atoms with Crippen molar-refractivity contribution in [1.29, 1.82) is 0 Å². The minimum absolute atomic E-state index is 0.0819. The van der Waals surface area contributed by atoms with Crippen LogP contribution in [0.15, 0.2) is 0 Å². The molecule has 12 nitrogen and oxygen atoms in total. The Labute approximate surface area is 247 Å². The lowest BCUT2D eigenvalue weighted by Crippen LogP contribution is -2.39. The average molecular weight is 844 g/mol. The zero-order valence-electron chi connectivity index (χ0n) is 19.4. The van der Waals surface area contributed by atoms with Crippen LogP contribution < -0.4 is 10.2 Å². The number of carbonyl (C=O) groups excluding carboxylic acids is 5. The summed E-state index contributed by atoms with van der Waals surface area (Å²) < 4.78 is 16.1. The molecule has 0 radical (unpaired) electrons. The fraction of sp³-hybridized carbons (Fsp3) is 0.429. The number of esters is 3. The summed E-state index contributed by atoms with van der Waals surface area (Å²) in [5, 5.41) is 11.9. The van der Waals surface area contributed by atoms with Crippen molar-refractivity contribution in [2.45, 2.75) is 33.6 Å². The van der Waals surface area contributed by atoms with Crippen LogP contribution in [0.25, 0.3) is 0 Å². The molecule has 0 atom stereocenters. The van der Waals surface area contributed by atoms with Crippen LogP contribution in [0.5, 0.6) is 0 Å². The van der Waals surface area contributed by atoms with Crippen LogP contribution in [0, 0.1) is 10.7 Å². The number of benzene rings is 1. The summed E-state index contributed by atoms with van der Waals surface area (Å²) in [6.45, 7) is 2.10. The van der Waals surface area contributed by atoms with E-state index in [1.807, 2.05) is 67.8 Å². The van der Waals surface area contributed by atoms with Crippen LogP contribution in [0.2, 0.25) is 0 Å². The predicted octanol–water partition coefficient (Wildman–Crippen LogP) is 2.48. The third-order valence-corrected chi connectivity index (χ3v) is 7.64. The lowest BCUT2D eigenvalue weighted by molar-refractivity contribution is -0.145. The Balaban J connectivity index is 3.65. The van der Waals surface area contributed by atoms with E-state index in [0.717, 1.165) is 13.8 Å². The van der Waals surface area contributed by atoms with E-state index in [0.29, 0.717) is 22.0 Å². The number of aliphatic carboxylic acids is 1. The molecule has 0 saturated carbocycles. The summed E-state index contributed by atoms with van der Waals surface area (Å²) >= 11 is 5.87. The van der Waals surface area contributed by atoms with E-state index in [1.54, 1.807) is 0 Å². The number of rotatable bonds is 12. The zero-order valence-corrected chi connectivity index (χ0v) is 25.9. The van der Waals surface area contributed by atoms with Crippen molar-refractivity contribution in [3.05, 3.63) is 16.3 Å². The van der Waals surface area contributed by atoms with E-state index in [2.05, 4.69) is 5.32 Å². The molecular formula is C21H23I3N2O10. The molecule has 0 heterocycles. The van der Waals surface area contributed by atoms with Crippen molar-refractivity contribution in [2.24, 2.45) is 0 Å². The van der Waals surface area contributed by atoms with Crippen molar-refractivity contribution in [2.75, 3.05) is 36.6 Å². The highest BCUT2D eigenvalue weighted by molar-refractivity contribution is 14.1. The number of ether oxygens (including phenoxy) is 3. The first-order chi connectivity index (χ1) is 16.8. The van der Waals surface area contributed by atoms with E-state index in [4.69, 9.17) is 14.2 Å². The number of halogens is 3. The monoisotopic (exact) mass is 844 g/mol. The summed E-state index contributed by atoms with van der Waals surface area (Å²) in [6.07, 6.45) is -0.139. The molecule has 15 heteroatoms. The van der Waals surface area contributed by atoms with E-state index in [-0.39, 0.29) is 31.7 Å². The molecule has 0 fully saturated rings. The van der Waals surface area contributed by atoms with E-state index in [1.165, 1.54) is 11.8 Å². The molecule has 36 heavy (non-hydrogen) atoms. The molecule has 0 bridgehead atoms. The highest BCUT2D eigenvalue weighted by atomic mass is 127. The molecule has 2 amide bonds. The van der Waals surface area contributed by atoms with Crippen molar-refractivity contribution in [1.82, 2.24) is 0 Å². The van der Waals surface area contributed by atoms with Gasteiger partial charge in [0.15, 0.2) is 13.2 Å². The first-order valence-electron chi connectivity index (χ1n) is 10.2. The number of nitrogens with zero attached hydrogens (tertiary/aromatic N) is 1. The van der Waals surface area contributed by atoms with Crippen LogP contribution in [0.1, 0.15) is 32.8 Å². The first kappa shape index (κ1) is 32.3. The van der Waals surface area contributed by atoms with Crippen molar-refractivity contribution in [3.63, 3.8) is 0 Å². The van der Waals surface area contributed by atoms with Gasteiger partial charge in [-0.05, 0) is 79.8 Å². The molecule has 0 aromatic heterocycles. The quantitative estimate of drug-likeness (QED) is 0.182. The van der Waals surface area contributed by atoms with Crippen molar-refractivity contribution >= 4 is 115 Å². The van der Waals surface area contributed by atoms with Gasteiger partial charge in [-0.2, -0.15) is 0 Å². The summed E-state index contributed by atoms with van der Waals surface area (Å²) in [5.74, 6) is -4.19. The van der Waals surface area contributed by atoms with Gasteiger partial charge in [0.05, 0.1) is 21.5 Å². The lowest BCUT2D eigenvalue weighted by atomic mass is 10.1. The van der Waals surface area contributed by atoms with Crippen LogP contribution in [0.3, 0.4) is 0 Å². The molecule has 0 aliphatic rings. The fourth-order valence-corrected chi connectivity index (χ4v) is 7.28.